The fourth-order valence-corrected chi connectivity index (χ4v) is 5.67. The summed E-state index contributed by atoms with van der Waals surface area (Å²) in [4.78, 5) is 5.35. The van der Waals surface area contributed by atoms with Crippen LogP contribution in [0.5, 0.6) is 5.75 Å². The number of benzene rings is 4. The van der Waals surface area contributed by atoms with Crippen molar-refractivity contribution < 1.29 is 9.47 Å². The number of nitrogens with zero attached hydrogens (tertiary/aromatic N) is 1. The Morgan fingerprint density at radius 3 is 2.35 bits per heavy atom. The lowest BCUT2D eigenvalue weighted by atomic mass is 9.86. The highest BCUT2D eigenvalue weighted by Gasteiger charge is 2.57. The van der Waals surface area contributed by atoms with Crippen molar-refractivity contribution in [1.29, 1.82) is 0 Å². The van der Waals surface area contributed by atoms with Gasteiger partial charge in [-0.1, -0.05) is 78.9 Å². The average molecular weight is 482 g/mol. The van der Waals surface area contributed by atoms with Crippen molar-refractivity contribution in [2.75, 3.05) is 7.11 Å². The molecule has 1 aliphatic heterocycles. The zero-order valence-corrected chi connectivity index (χ0v) is 20.7. The smallest absolute Gasteiger partial charge is 0.136 e. The number of hydrogen-bond acceptors (Lipinski definition) is 3. The molecule has 0 radical (unpaired) electrons. The number of ether oxygens (including phenoxy) is 2. The van der Waals surface area contributed by atoms with Gasteiger partial charge in [-0.15, -0.1) is 0 Å². The molecule has 3 heteroatoms. The minimum atomic E-state index is -0.162. The van der Waals surface area contributed by atoms with Crippen LogP contribution in [-0.2, 0) is 10.2 Å². The summed E-state index contributed by atoms with van der Waals surface area (Å²) in [5.41, 5.74) is 6.61. The third kappa shape index (κ3) is 3.70. The Hall–Kier alpha value is -4.37. The van der Waals surface area contributed by atoms with E-state index in [1.54, 1.807) is 7.11 Å². The zero-order chi connectivity index (χ0) is 24.8. The van der Waals surface area contributed by atoms with Gasteiger partial charge in [0.15, 0.2) is 0 Å². The van der Waals surface area contributed by atoms with Crippen molar-refractivity contribution >= 4 is 22.6 Å². The second-order valence-electron chi connectivity index (χ2n) is 9.97. The minimum absolute atomic E-state index is 0.0688. The summed E-state index contributed by atoms with van der Waals surface area (Å²) in [5.74, 6) is 1.78. The molecule has 5 aromatic rings. The number of hydrogen-bond donors (Lipinski definition) is 0. The van der Waals surface area contributed by atoms with Crippen molar-refractivity contribution in [1.82, 2.24) is 4.98 Å². The zero-order valence-electron chi connectivity index (χ0n) is 20.7. The topological polar surface area (TPSA) is 31.4 Å². The van der Waals surface area contributed by atoms with Crippen molar-refractivity contribution in [2.45, 2.75) is 24.4 Å². The number of pyridine rings is 1. The predicted octanol–water partition coefficient (Wildman–Crippen LogP) is 8.21. The maximum Gasteiger partial charge on any atom is 0.136 e. The number of aromatic nitrogens is 1. The van der Waals surface area contributed by atoms with Gasteiger partial charge in [-0.3, -0.25) is 4.98 Å². The molecule has 1 saturated carbocycles. The van der Waals surface area contributed by atoms with E-state index in [1.807, 2.05) is 18.2 Å². The Kier molecular flexibility index (Phi) is 5.10. The molecule has 180 valence electrons. The van der Waals surface area contributed by atoms with Crippen LogP contribution in [0.1, 0.15) is 41.3 Å². The van der Waals surface area contributed by atoms with E-state index in [9.17, 15) is 0 Å². The molecule has 1 aromatic heterocycles. The summed E-state index contributed by atoms with van der Waals surface area (Å²) in [6, 6.07) is 38.0. The van der Waals surface area contributed by atoms with E-state index in [-0.39, 0.29) is 11.5 Å². The summed E-state index contributed by atoms with van der Waals surface area (Å²) in [5, 5.41) is 2.41. The molecule has 0 spiro atoms. The van der Waals surface area contributed by atoms with E-state index >= 15 is 0 Å². The molecule has 2 heterocycles. The Morgan fingerprint density at radius 1 is 0.838 bits per heavy atom. The number of methoxy groups -OCH3 is 1. The van der Waals surface area contributed by atoms with Gasteiger partial charge in [0, 0.05) is 22.1 Å². The largest absolute Gasteiger partial charge is 0.497 e. The third-order valence-electron chi connectivity index (χ3n) is 7.74. The Labute approximate surface area is 217 Å². The Morgan fingerprint density at radius 2 is 1.57 bits per heavy atom. The van der Waals surface area contributed by atoms with E-state index in [2.05, 4.69) is 97.1 Å². The normalized spacial score (nSPS) is 18.4. The quantitative estimate of drug-likeness (QED) is 0.253. The molecular formula is C34H27NO2. The van der Waals surface area contributed by atoms with Crippen LogP contribution in [0.25, 0.3) is 33.9 Å². The first-order chi connectivity index (χ1) is 18.2. The van der Waals surface area contributed by atoms with Crippen LogP contribution in [0, 0.1) is 0 Å². The van der Waals surface area contributed by atoms with Gasteiger partial charge in [-0.2, -0.15) is 0 Å². The van der Waals surface area contributed by atoms with Crippen LogP contribution < -0.4 is 4.74 Å². The van der Waals surface area contributed by atoms with Gasteiger partial charge < -0.3 is 9.47 Å². The summed E-state index contributed by atoms with van der Waals surface area (Å²) < 4.78 is 12.2. The molecule has 0 amide bonds. The van der Waals surface area contributed by atoms with Crippen LogP contribution in [0.15, 0.2) is 109 Å². The highest BCUT2D eigenvalue weighted by atomic mass is 16.5. The molecule has 4 aromatic carbocycles. The van der Waals surface area contributed by atoms with Crippen LogP contribution in [0.2, 0.25) is 0 Å². The first kappa shape index (κ1) is 21.9. The van der Waals surface area contributed by atoms with Crippen LogP contribution >= 0.6 is 0 Å². The molecule has 7 rings (SSSR count). The first-order valence-corrected chi connectivity index (χ1v) is 12.8. The molecule has 0 saturated heterocycles. The van der Waals surface area contributed by atoms with Gasteiger partial charge >= 0.3 is 0 Å². The molecule has 3 nitrogen and oxygen atoms in total. The highest BCUT2D eigenvalue weighted by molar-refractivity contribution is 5.90. The van der Waals surface area contributed by atoms with Gasteiger partial charge in [0.2, 0.25) is 0 Å². The fraction of sp³-hybridized carbons (Fsp3) is 0.147. The lowest BCUT2D eigenvalue weighted by molar-refractivity contribution is 0.144. The van der Waals surface area contributed by atoms with Gasteiger partial charge in [-0.25, -0.2) is 0 Å². The second-order valence-corrected chi connectivity index (χ2v) is 9.97. The predicted molar refractivity (Wildman–Crippen MR) is 149 cm³/mol. The minimum Gasteiger partial charge on any atom is -0.497 e. The standard InChI is InChI=1S/C34H27NO2/c1-36-26-17-15-24(16-18-26)30-22-25-11-5-6-12-27(25)32(35-30)34(19-20-34)33-29-14-8-7-13-28(29)31(37-33)21-23-9-3-2-4-10-23/h2-18,21-22,33H,19-20H2,1H3/b31-21+. The number of fused-ring (bicyclic) bond motifs is 2. The molecule has 2 aliphatic rings. The molecule has 0 N–H and O–H groups in total. The molecule has 1 aliphatic carbocycles. The van der Waals surface area contributed by atoms with Gasteiger partial charge in [0.1, 0.15) is 17.6 Å². The van der Waals surface area contributed by atoms with Gasteiger partial charge in [-0.05, 0) is 60.2 Å². The second kappa shape index (κ2) is 8.63. The van der Waals surface area contributed by atoms with Crippen LogP contribution in [0.3, 0.4) is 0 Å². The van der Waals surface area contributed by atoms with Crippen molar-refractivity contribution in [2.24, 2.45) is 0 Å². The molecule has 1 atom stereocenters. The van der Waals surface area contributed by atoms with Crippen LogP contribution in [-0.4, -0.2) is 12.1 Å². The summed E-state index contributed by atoms with van der Waals surface area (Å²) in [7, 11) is 1.69. The van der Waals surface area contributed by atoms with Crippen molar-refractivity contribution in [3.8, 4) is 17.0 Å². The SMILES string of the molecule is COc1ccc(-c2cc3ccccc3c(C3(C4O/C(=C/c5ccccc5)c5ccccc54)CC3)n2)cc1. The molecule has 37 heavy (non-hydrogen) atoms. The average Bonchev–Trinajstić information content (AvgIpc) is 3.69. The maximum atomic E-state index is 6.85. The summed E-state index contributed by atoms with van der Waals surface area (Å²) in [6.07, 6.45) is 4.19. The van der Waals surface area contributed by atoms with Crippen molar-refractivity contribution in [3.05, 3.63) is 132 Å². The van der Waals surface area contributed by atoms with Gasteiger partial charge in [0.05, 0.1) is 23.9 Å². The lowest BCUT2D eigenvalue weighted by Gasteiger charge is -2.25. The molecular weight excluding hydrogens is 454 g/mol. The van der Waals surface area contributed by atoms with Crippen LogP contribution in [0.4, 0.5) is 0 Å². The van der Waals surface area contributed by atoms with Crippen molar-refractivity contribution in [3.63, 3.8) is 0 Å². The first-order valence-electron chi connectivity index (χ1n) is 12.8. The number of rotatable bonds is 5. The summed E-state index contributed by atoms with van der Waals surface area (Å²) in [6.45, 7) is 0. The molecule has 1 unspecified atom stereocenters. The fourth-order valence-electron chi connectivity index (χ4n) is 5.67. The Bertz CT molecular complexity index is 1630. The molecule has 0 bridgehead atoms. The van der Waals surface area contributed by atoms with E-state index in [0.717, 1.165) is 46.9 Å². The lowest BCUT2D eigenvalue weighted by Crippen LogP contribution is -2.20. The van der Waals surface area contributed by atoms with E-state index in [1.165, 1.54) is 21.9 Å². The summed E-state index contributed by atoms with van der Waals surface area (Å²) >= 11 is 0. The van der Waals surface area contributed by atoms with E-state index < -0.39 is 0 Å². The highest BCUT2D eigenvalue weighted by Crippen LogP contribution is 2.62. The Balaban J connectivity index is 1.37. The maximum absolute atomic E-state index is 6.85. The monoisotopic (exact) mass is 481 g/mol. The van der Waals surface area contributed by atoms with Gasteiger partial charge in [0.25, 0.3) is 0 Å². The third-order valence-corrected chi connectivity index (χ3v) is 7.74. The molecule has 1 fully saturated rings. The van der Waals surface area contributed by atoms with E-state index in [4.69, 9.17) is 14.5 Å². The van der Waals surface area contributed by atoms with E-state index in [0.29, 0.717) is 0 Å².